The lowest BCUT2D eigenvalue weighted by atomic mass is 10.4. The molecular weight excluding hydrogens is 180 g/mol. The standard InChI is InChI=1S/C6H7BrN2/c1-5-3-8-6(2-7)9-4-5/h3-4H,2H2,1H3/i2D2. The summed E-state index contributed by atoms with van der Waals surface area (Å²) in [5, 5.41) is -1.62. The monoisotopic (exact) mass is 188 g/mol. The molecule has 0 amide bonds. The van der Waals surface area contributed by atoms with Gasteiger partial charge in [0.2, 0.25) is 0 Å². The fraction of sp³-hybridized carbons (Fsp3) is 0.333. The third-order valence-corrected chi connectivity index (χ3v) is 1.22. The van der Waals surface area contributed by atoms with E-state index in [0.29, 0.717) is 0 Å². The second-order valence-electron chi connectivity index (χ2n) is 1.68. The first-order chi connectivity index (χ1) is 5.00. The lowest BCUT2D eigenvalue weighted by Crippen LogP contribution is -1.89. The van der Waals surface area contributed by atoms with Crippen molar-refractivity contribution >= 4 is 15.9 Å². The molecule has 1 heterocycles. The molecule has 0 N–H and O–H groups in total. The Bertz CT molecular complexity index is 242. The first kappa shape index (κ1) is 4.39. The van der Waals surface area contributed by atoms with Crippen molar-refractivity contribution in [2.75, 3.05) is 0 Å². The molecule has 0 saturated heterocycles. The van der Waals surface area contributed by atoms with Gasteiger partial charge in [-0.25, -0.2) is 9.97 Å². The minimum Gasteiger partial charge on any atom is -0.240 e. The normalized spacial score (nSPS) is 14.4. The number of aryl methyl sites for hydroxylation is 1. The quantitative estimate of drug-likeness (QED) is 0.628. The van der Waals surface area contributed by atoms with Crippen molar-refractivity contribution in [3.63, 3.8) is 0 Å². The molecule has 0 saturated carbocycles. The van der Waals surface area contributed by atoms with Crippen molar-refractivity contribution in [1.82, 2.24) is 9.97 Å². The van der Waals surface area contributed by atoms with Crippen molar-refractivity contribution in [1.29, 1.82) is 0 Å². The van der Waals surface area contributed by atoms with E-state index in [1.54, 1.807) is 12.4 Å². The summed E-state index contributed by atoms with van der Waals surface area (Å²) in [6, 6.07) is 0. The third-order valence-electron chi connectivity index (χ3n) is 0.865. The summed E-state index contributed by atoms with van der Waals surface area (Å²) in [6.45, 7) is 1.85. The predicted octanol–water partition coefficient (Wildman–Crippen LogP) is 1.68. The summed E-state index contributed by atoms with van der Waals surface area (Å²) in [4.78, 5) is 7.63. The van der Waals surface area contributed by atoms with Gasteiger partial charge >= 0.3 is 0 Å². The third kappa shape index (κ3) is 1.75. The predicted molar refractivity (Wildman–Crippen MR) is 39.4 cm³/mol. The van der Waals surface area contributed by atoms with Crippen LogP contribution in [-0.4, -0.2) is 9.97 Å². The van der Waals surface area contributed by atoms with Gasteiger partial charge in [0.1, 0.15) is 5.82 Å². The van der Waals surface area contributed by atoms with E-state index >= 15 is 0 Å². The molecule has 0 spiro atoms. The van der Waals surface area contributed by atoms with E-state index < -0.39 is 5.28 Å². The van der Waals surface area contributed by atoms with E-state index in [9.17, 15) is 0 Å². The highest BCUT2D eigenvalue weighted by Crippen LogP contribution is 1.97. The van der Waals surface area contributed by atoms with Crippen molar-refractivity contribution in [3.8, 4) is 0 Å². The summed E-state index contributed by atoms with van der Waals surface area (Å²) in [5.41, 5.74) is 0.922. The molecule has 1 aromatic rings. The molecule has 48 valence electrons. The summed E-state index contributed by atoms with van der Waals surface area (Å²) in [6.07, 6.45) is 3.17. The Labute approximate surface area is 65.3 Å². The van der Waals surface area contributed by atoms with Gasteiger partial charge in [-0.15, -0.1) is 0 Å². The van der Waals surface area contributed by atoms with Crippen LogP contribution < -0.4 is 0 Å². The van der Waals surface area contributed by atoms with Crippen LogP contribution in [0.1, 0.15) is 14.1 Å². The first-order valence-electron chi connectivity index (χ1n) is 3.48. The lowest BCUT2D eigenvalue weighted by Gasteiger charge is -1.91. The lowest BCUT2D eigenvalue weighted by molar-refractivity contribution is 1.02. The molecule has 0 aromatic carbocycles. The van der Waals surface area contributed by atoms with Crippen LogP contribution in [0.4, 0.5) is 0 Å². The van der Waals surface area contributed by atoms with E-state index in [-0.39, 0.29) is 5.82 Å². The average molecular weight is 189 g/mol. The van der Waals surface area contributed by atoms with E-state index in [1.807, 2.05) is 6.92 Å². The SMILES string of the molecule is [2H]C([2H])(Br)c1ncc(C)cn1. The van der Waals surface area contributed by atoms with Gasteiger partial charge in [-0.3, -0.25) is 0 Å². The van der Waals surface area contributed by atoms with Gasteiger partial charge in [-0.1, -0.05) is 15.9 Å². The molecule has 0 radical (unpaired) electrons. The number of halogens is 1. The fourth-order valence-electron chi connectivity index (χ4n) is 0.441. The van der Waals surface area contributed by atoms with Crippen LogP contribution in [0.25, 0.3) is 0 Å². The van der Waals surface area contributed by atoms with Gasteiger partial charge in [0.05, 0.1) is 5.28 Å². The van der Waals surface area contributed by atoms with Crippen LogP contribution in [0.3, 0.4) is 0 Å². The number of rotatable bonds is 1. The Kier molecular flexibility index (Phi) is 1.42. The largest absolute Gasteiger partial charge is 0.240 e. The van der Waals surface area contributed by atoms with Gasteiger partial charge in [0.15, 0.2) is 0 Å². The smallest absolute Gasteiger partial charge is 0.138 e. The second-order valence-corrected chi connectivity index (χ2v) is 2.08. The van der Waals surface area contributed by atoms with E-state index in [2.05, 4.69) is 25.9 Å². The Morgan fingerprint density at radius 3 is 2.67 bits per heavy atom. The summed E-state index contributed by atoms with van der Waals surface area (Å²) in [7, 11) is 0. The van der Waals surface area contributed by atoms with Crippen LogP contribution >= 0.6 is 15.9 Å². The Morgan fingerprint density at radius 2 is 2.22 bits per heavy atom. The number of alkyl halides is 1. The molecule has 0 atom stereocenters. The number of nitrogens with zero attached hydrogens (tertiary/aromatic N) is 2. The maximum Gasteiger partial charge on any atom is 0.138 e. The zero-order valence-electron chi connectivity index (χ0n) is 6.93. The number of aromatic nitrogens is 2. The number of hydrogen-bond acceptors (Lipinski definition) is 2. The molecule has 0 unspecified atom stereocenters. The molecule has 9 heavy (non-hydrogen) atoms. The molecule has 2 nitrogen and oxygen atoms in total. The van der Waals surface area contributed by atoms with Crippen molar-refractivity contribution < 1.29 is 2.74 Å². The van der Waals surface area contributed by atoms with Gasteiger partial charge < -0.3 is 0 Å². The van der Waals surface area contributed by atoms with Crippen LogP contribution in [0.5, 0.6) is 0 Å². The zero-order valence-corrected chi connectivity index (χ0v) is 6.51. The molecule has 0 aliphatic heterocycles. The first-order valence-corrected chi connectivity index (χ1v) is 3.27. The molecule has 0 aliphatic carbocycles. The molecule has 1 aromatic heterocycles. The molecule has 3 heteroatoms. The minimum atomic E-state index is -1.62. The Balaban J connectivity index is 2.99. The van der Waals surface area contributed by atoms with Crippen LogP contribution in [-0.2, 0) is 5.28 Å². The summed E-state index contributed by atoms with van der Waals surface area (Å²) >= 11 is 2.82. The van der Waals surface area contributed by atoms with Crippen LogP contribution in [0.2, 0.25) is 0 Å². The van der Waals surface area contributed by atoms with E-state index in [0.717, 1.165) is 5.56 Å². The topological polar surface area (TPSA) is 25.8 Å². The molecule has 0 fully saturated rings. The maximum absolute atomic E-state index is 7.20. The van der Waals surface area contributed by atoms with E-state index in [4.69, 9.17) is 2.74 Å². The summed E-state index contributed by atoms with van der Waals surface area (Å²) in [5.74, 6) is 0.156. The van der Waals surface area contributed by atoms with E-state index in [1.165, 1.54) is 0 Å². The molecule has 1 rings (SSSR count). The highest BCUT2D eigenvalue weighted by molar-refractivity contribution is 9.08. The average Bonchev–Trinajstić information content (AvgIpc) is 1.86. The van der Waals surface area contributed by atoms with Gasteiger partial charge in [0.25, 0.3) is 0 Å². The molecular formula is C6H7BrN2. The maximum atomic E-state index is 7.20. The second kappa shape index (κ2) is 2.92. The van der Waals surface area contributed by atoms with Gasteiger partial charge in [-0.2, -0.15) is 0 Å². The fourth-order valence-corrected chi connectivity index (χ4v) is 0.646. The summed E-state index contributed by atoms with van der Waals surface area (Å²) < 4.78 is 14.4. The number of hydrogen-bond donors (Lipinski definition) is 0. The highest BCUT2D eigenvalue weighted by Gasteiger charge is 1.89. The van der Waals surface area contributed by atoms with Crippen molar-refractivity contribution in [3.05, 3.63) is 23.8 Å². The highest BCUT2D eigenvalue weighted by atomic mass is 79.9. The van der Waals surface area contributed by atoms with Gasteiger partial charge in [0, 0.05) is 15.1 Å². The molecule has 0 bridgehead atoms. The Hall–Kier alpha value is -0.440. The minimum absolute atomic E-state index is 0.156. The zero-order chi connectivity index (χ0) is 8.48. The Morgan fingerprint density at radius 1 is 1.67 bits per heavy atom. The van der Waals surface area contributed by atoms with Crippen molar-refractivity contribution in [2.45, 2.75) is 12.2 Å². The molecule has 0 aliphatic rings. The van der Waals surface area contributed by atoms with Crippen LogP contribution in [0, 0.1) is 6.92 Å². The van der Waals surface area contributed by atoms with Crippen molar-refractivity contribution in [2.24, 2.45) is 0 Å². The van der Waals surface area contributed by atoms with Crippen LogP contribution in [0.15, 0.2) is 12.4 Å². The van der Waals surface area contributed by atoms with Gasteiger partial charge in [-0.05, 0) is 12.5 Å².